The molecule has 146 valence electrons. The van der Waals surface area contributed by atoms with Crippen molar-refractivity contribution in [3.63, 3.8) is 0 Å². The molecule has 1 atom stereocenters. The van der Waals surface area contributed by atoms with Gasteiger partial charge in [-0.3, -0.25) is 14.4 Å². The van der Waals surface area contributed by atoms with Gasteiger partial charge in [0.2, 0.25) is 5.91 Å². The number of anilines is 2. The molecular weight excluding hydrogens is 360 g/mol. The van der Waals surface area contributed by atoms with Crippen LogP contribution in [0.2, 0.25) is 0 Å². The van der Waals surface area contributed by atoms with Crippen LogP contribution in [0.1, 0.15) is 40.7 Å². The molecule has 28 heavy (non-hydrogen) atoms. The molecule has 3 amide bonds. The van der Waals surface area contributed by atoms with Gasteiger partial charge in [-0.2, -0.15) is 0 Å². The van der Waals surface area contributed by atoms with Crippen LogP contribution in [-0.2, 0) is 9.53 Å². The number of aromatic nitrogens is 1. The van der Waals surface area contributed by atoms with Crippen LogP contribution in [0, 0.1) is 0 Å². The Labute approximate surface area is 162 Å². The molecule has 1 aromatic heterocycles. The number of amides is 3. The van der Waals surface area contributed by atoms with E-state index in [9.17, 15) is 14.4 Å². The second-order valence-electron chi connectivity index (χ2n) is 6.47. The fraction of sp³-hybridized carbons (Fsp3) is 0.300. The lowest BCUT2D eigenvalue weighted by molar-refractivity contribution is -0.114. The molecule has 0 radical (unpaired) electrons. The topological polar surface area (TPSA) is 109 Å². The number of carbonyl (C=O) groups is 3. The maximum absolute atomic E-state index is 12.4. The molecule has 1 fully saturated rings. The summed E-state index contributed by atoms with van der Waals surface area (Å²) in [5.41, 5.74) is 1.49. The number of nitrogens with zero attached hydrogens (tertiary/aromatic N) is 1. The van der Waals surface area contributed by atoms with E-state index < -0.39 is 5.91 Å². The lowest BCUT2D eigenvalue weighted by atomic mass is 10.2. The highest BCUT2D eigenvalue weighted by Gasteiger charge is 2.18. The van der Waals surface area contributed by atoms with Gasteiger partial charge in [0.1, 0.15) is 11.4 Å². The van der Waals surface area contributed by atoms with Gasteiger partial charge in [0.15, 0.2) is 0 Å². The molecule has 3 rings (SSSR count). The summed E-state index contributed by atoms with van der Waals surface area (Å²) in [6.07, 6.45) is 1.97. The molecule has 0 bridgehead atoms. The number of pyridine rings is 1. The van der Waals surface area contributed by atoms with Crippen LogP contribution in [0.5, 0.6) is 0 Å². The van der Waals surface area contributed by atoms with Gasteiger partial charge in [-0.25, -0.2) is 4.98 Å². The highest BCUT2D eigenvalue weighted by atomic mass is 16.5. The molecular formula is C20H22N4O4. The Morgan fingerprint density at radius 3 is 2.25 bits per heavy atom. The second kappa shape index (κ2) is 9.09. The zero-order valence-corrected chi connectivity index (χ0v) is 15.5. The van der Waals surface area contributed by atoms with Crippen molar-refractivity contribution in [2.75, 3.05) is 23.8 Å². The van der Waals surface area contributed by atoms with Gasteiger partial charge in [-0.05, 0) is 49.2 Å². The van der Waals surface area contributed by atoms with Crippen molar-refractivity contribution in [2.24, 2.45) is 0 Å². The van der Waals surface area contributed by atoms with E-state index in [0.29, 0.717) is 17.9 Å². The van der Waals surface area contributed by atoms with Crippen LogP contribution in [0.25, 0.3) is 0 Å². The van der Waals surface area contributed by atoms with E-state index in [4.69, 9.17) is 4.74 Å². The standard InChI is InChI=1S/C20H22N4O4/c1-13(25)22-14-7-9-15(10-8-14)23-20(27)18-6-2-5-17(24-18)19(26)21-12-16-4-3-11-28-16/h2,5-10,16H,3-4,11-12H2,1H3,(H,21,26)(H,22,25)(H,23,27). The number of hydrogen-bond acceptors (Lipinski definition) is 5. The first-order valence-electron chi connectivity index (χ1n) is 9.07. The van der Waals surface area contributed by atoms with Crippen LogP contribution in [-0.4, -0.2) is 42.0 Å². The average Bonchev–Trinajstić information content (AvgIpc) is 3.21. The molecule has 8 heteroatoms. The van der Waals surface area contributed by atoms with Crippen molar-refractivity contribution in [3.05, 3.63) is 53.9 Å². The van der Waals surface area contributed by atoms with Crippen molar-refractivity contribution in [2.45, 2.75) is 25.9 Å². The molecule has 1 aliphatic rings. The normalized spacial score (nSPS) is 15.7. The zero-order valence-electron chi connectivity index (χ0n) is 15.5. The van der Waals surface area contributed by atoms with Crippen LogP contribution < -0.4 is 16.0 Å². The summed E-state index contributed by atoms with van der Waals surface area (Å²) in [6, 6.07) is 11.4. The predicted molar refractivity (Wildman–Crippen MR) is 104 cm³/mol. The molecule has 0 aliphatic carbocycles. The lowest BCUT2D eigenvalue weighted by Crippen LogP contribution is -2.32. The lowest BCUT2D eigenvalue weighted by Gasteiger charge is -2.11. The van der Waals surface area contributed by atoms with Crippen LogP contribution >= 0.6 is 0 Å². The largest absolute Gasteiger partial charge is 0.376 e. The number of rotatable bonds is 6. The SMILES string of the molecule is CC(=O)Nc1ccc(NC(=O)c2cccc(C(=O)NCC3CCCO3)n2)cc1. The van der Waals surface area contributed by atoms with Crippen molar-refractivity contribution in [1.82, 2.24) is 10.3 Å². The van der Waals surface area contributed by atoms with Crippen LogP contribution in [0.4, 0.5) is 11.4 Å². The van der Waals surface area contributed by atoms with Gasteiger partial charge in [-0.1, -0.05) is 6.07 Å². The summed E-state index contributed by atoms with van der Waals surface area (Å²) in [5, 5.41) is 8.15. The Hall–Kier alpha value is -3.26. The first-order chi connectivity index (χ1) is 13.5. The summed E-state index contributed by atoms with van der Waals surface area (Å²) >= 11 is 0. The molecule has 1 unspecified atom stereocenters. The first-order valence-corrected chi connectivity index (χ1v) is 9.07. The van der Waals surface area contributed by atoms with Crippen molar-refractivity contribution in [3.8, 4) is 0 Å². The Bertz CT molecular complexity index is 861. The smallest absolute Gasteiger partial charge is 0.274 e. The van der Waals surface area contributed by atoms with E-state index >= 15 is 0 Å². The van der Waals surface area contributed by atoms with Crippen LogP contribution in [0.15, 0.2) is 42.5 Å². The van der Waals surface area contributed by atoms with E-state index in [1.807, 2.05) is 0 Å². The first kappa shape index (κ1) is 19.5. The van der Waals surface area contributed by atoms with Gasteiger partial charge in [0.05, 0.1) is 6.10 Å². The molecule has 3 N–H and O–H groups in total. The molecule has 2 aromatic rings. The van der Waals surface area contributed by atoms with E-state index in [2.05, 4.69) is 20.9 Å². The Balaban J connectivity index is 1.59. The maximum Gasteiger partial charge on any atom is 0.274 e. The average molecular weight is 382 g/mol. The van der Waals surface area contributed by atoms with Gasteiger partial charge in [0, 0.05) is 31.5 Å². The van der Waals surface area contributed by atoms with Crippen molar-refractivity contribution >= 4 is 29.1 Å². The fourth-order valence-corrected chi connectivity index (χ4v) is 2.83. The molecule has 8 nitrogen and oxygen atoms in total. The molecule has 2 heterocycles. The minimum absolute atomic E-state index is 0.0379. The number of carbonyl (C=O) groups excluding carboxylic acids is 3. The van der Waals surface area contributed by atoms with Gasteiger partial charge >= 0.3 is 0 Å². The highest BCUT2D eigenvalue weighted by molar-refractivity contribution is 6.04. The molecule has 1 aliphatic heterocycles. The summed E-state index contributed by atoms with van der Waals surface area (Å²) in [4.78, 5) is 39.9. The molecule has 1 saturated heterocycles. The second-order valence-corrected chi connectivity index (χ2v) is 6.47. The van der Waals surface area contributed by atoms with Gasteiger partial charge in [-0.15, -0.1) is 0 Å². The minimum atomic E-state index is -0.430. The summed E-state index contributed by atoms with van der Waals surface area (Å²) in [6.45, 7) is 2.57. The molecule has 0 spiro atoms. The van der Waals surface area contributed by atoms with Gasteiger partial charge < -0.3 is 20.7 Å². The monoisotopic (exact) mass is 382 g/mol. The fourth-order valence-electron chi connectivity index (χ4n) is 2.83. The van der Waals surface area contributed by atoms with Crippen molar-refractivity contribution < 1.29 is 19.1 Å². The summed E-state index contributed by atoms with van der Waals surface area (Å²) in [5.74, 6) is -0.943. The van der Waals surface area contributed by atoms with Crippen molar-refractivity contribution in [1.29, 1.82) is 0 Å². The van der Waals surface area contributed by atoms with Gasteiger partial charge in [0.25, 0.3) is 11.8 Å². The summed E-state index contributed by atoms with van der Waals surface area (Å²) in [7, 11) is 0. The zero-order chi connectivity index (χ0) is 19.9. The third-order valence-corrected chi connectivity index (χ3v) is 4.19. The molecule has 1 aromatic carbocycles. The van der Waals surface area contributed by atoms with E-state index in [1.54, 1.807) is 36.4 Å². The molecule has 0 saturated carbocycles. The Kier molecular flexibility index (Phi) is 6.33. The number of hydrogen-bond donors (Lipinski definition) is 3. The third-order valence-electron chi connectivity index (χ3n) is 4.19. The number of ether oxygens (including phenoxy) is 1. The Morgan fingerprint density at radius 1 is 1.00 bits per heavy atom. The van der Waals surface area contributed by atoms with E-state index in [1.165, 1.54) is 13.0 Å². The minimum Gasteiger partial charge on any atom is -0.376 e. The van der Waals surface area contributed by atoms with E-state index in [0.717, 1.165) is 19.4 Å². The number of nitrogens with one attached hydrogen (secondary N) is 3. The Morgan fingerprint density at radius 2 is 1.64 bits per heavy atom. The highest BCUT2D eigenvalue weighted by Crippen LogP contribution is 2.15. The quantitative estimate of drug-likeness (QED) is 0.710. The third kappa shape index (κ3) is 5.37. The summed E-state index contributed by atoms with van der Waals surface area (Å²) < 4.78 is 5.47. The van der Waals surface area contributed by atoms with E-state index in [-0.39, 0.29) is 29.3 Å². The predicted octanol–water partition coefficient (Wildman–Crippen LogP) is 2.20. The maximum atomic E-state index is 12.4. The number of benzene rings is 1. The van der Waals surface area contributed by atoms with Crippen LogP contribution in [0.3, 0.4) is 0 Å².